The third-order valence-electron chi connectivity index (χ3n) is 15.6. The molecule has 4 aliphatic heterocycles. The van der Waals surface area contributed by atoms with Gasteiger partial charge in [0.25, 0.3) is 0 Å². The molecular formula is C53H57F2N9O5. The summed E-state index contributed by atoms with van der Waals surface area (Å²) in [7, 11) is 1.92. The molecule has 358 valence electrons. The van der Waals surface area contributed by atoms with Crippen molar-refractivity contribution in [3.8, 4) is 35.4 Å². The molecule has 4 saturated heterocycles. The zero-order valence-corrected chi connectivity index (χ0v) is 39.1. The molecule has 3 N–H and O–H groups in total. The number of aromatic nitrogens is 5. The van der Waals surface area contributed by atoms with Crippen LogP contribution in [-0.2, 0) is 16.6 Å². The van der Waals surface area contributed by atoms with Gasteiger partial charge < -0.3 is 29.6 Å². The van der Waals surface area contributed by atoms with Crippen LogP contribution in [0.25, 0.3) is 43.8 Å². The number of hydrogen-bond acceptors (Lipinski definition) is 12. The van der Waals surface area contributed by atoms with Crippen molar-refractivity contribution in [3.63, 3.8) is 0 Å². The number of pyridine rings is 1. The Labute approximate surface area is 399 Å². The van der Waals surface area contributed by atoms with E-state index in [1.54, 1.807) is 6.92 Å². The lowest BCUT2D eigenvalue weighted by Crippen LogP contribution is -2.48. The number of carbonyl (C=O) groups is 2. The molecule has 3 aromatic heterocycles. The summed E-state index contributed by atoms with van der Waals surface area (Å²) in [6.07, 6.45) is 15.7. The van der Waals surface area contributed by atoms with Crippen LogP contribution in [0.5, 0.6) is 11.8 Å². The standard InChI is InChI=1S/C53H57F2N9O5/c1-4-36-41(54)10-7-33-24-35(65)26-39(44(33)36)47-45(55)48-40(27-56-47)49(64-19-5-16-52(2,68)28-64)59-51(58-48)69-30-53(17-18-53)29-62-20-14-34(15-21-62)63-22-12-31(13-23-63)32-6-8-37-42(25-32)61(3)60-46(37)38-9-11-43(66)57-50(38)67/h1,6-8,10,24-27,31,34,38,65,68H,5,9,11-23,28-30H2,2-3H3,(H,57,66,67)/t38?,52-/m1/s1. The number of fused-ring (bicyclic) bond motifs is 3. The summed E-state index contributed by atoms with van der Waals surface area (Å²) in [5.74, 6) is 0.768. The molecule has 2 amide bonds. The van der Waals surface area contributed by atoms with Gasteiger partial charge in [0.15, 0.2) is 5.82 Å². The quantitative estimate of drug-likeness (QED) is 0.0948. The van der Waals surface area contributed by atoms with Gasteiger partial charge in [-0.3, -0.25) is 24.6 Å². The van der Waals surface area contributed by atoms with Crippen LogP contribution in [0, 0.1) is 29.4 Å². The molecular weight excluding hydrogens is 881 g/mol. The minimum atomic E-state index is -0.981. The van der Waals surface area contributed by atoms with Crippen molar-refractivity contribution < 1.29 is 33.3 Å². The van der Waals surface area contributed by atoms with Gasteiger partial charge in [0.2, 0.25) is 11.8 Å². The van der Waals surface area contributed by atoms with Crippen molar-refractivity contribution in [2.24, 2.45) is 12.5 Å². The van der Waals surface area contributed by atoms with E-state index < -0.39 is 23.2 Å². The summed E-state index contributed by atoms with van der Waals surface area (Å²) in [6.45, 7) is 8.00. The molecule has 16 heteroatoms. The number of likely N-dealkylation sites (tertiary alicyclic amines) is 2. The molecule has 1 saturated carbocycles. The number of piperidine rings is 4. The van der Waals surface area contributed by atoms with Gasteiger partial charge in [0.05, 0.1) is 40.3 Å². The molecule has 6 aromatic rings. The Morgan fingerprint density at radius 2 is 1.75 bits per heavy atom. The number of phenols is 1. The second kappa shape index (κ2) is 17.6. The molecule has 69 heavy (non-hydrogen) atoms. The number of ether oxygens (including phenoxy) is 1. The van der Waals surface area contributed by atoms with E-state index in [0.29, 0.717) is 67.4 Å². The van der Waals surface area contributed by atoms with Crippen molar-refractivity contribution in [1.82, 2.24) is 39.8 Å². The number of hydrogen-bond donors (Lipinski definition) is 3. The Kier molecular flexibility index (Phi) is 11.5. The van der Waals surface area contributed by atoms with E-state index in [0.717, 1.165) is 87.8 Å². The molecule has 0 spiro atoms. The normalized spacial score (nSPS) is 22.9. The van der Waals surface area contributed by atoms with Crippen LogP contribution >= 0.6 is 0 Å². The molecule has 0 radical (unpaired) electrons. The zero-order chi connectivity index (χ0) is 47.8. The fourth-order valence-corrected chi connectivity index (χ4v) is 11.7. The number of aryl methyl sites for hydroxylation is 1. The minimum Gasteiger partial charge on any atom is -0.508 e. The van der Waals surface area contributed by atoms with E-state index in [9.17, 15) is 19.8 Å². The molecule has 1 unspecified atom stereocenters. The Morgan fingerprint density at radius 3 is 2.49 bits per heavy atom. The topological polar surface area (TPSA) is 162 Å². The number of carbonyl (C=O) groups excluding carboxylic acids is 2. The average Bonchev–Trinajstić information content (AvgIpc) is 4.03. The molecule has 14 nitrogen and oxygen atoms in total. The Balaban J connectivity index is 0.755. The van der Waals surface area contributed by atoms with E-state index in [2.05, 4.69) is 49.2 Å². The number of rotatable bonds is 10. The molecule has 0 bridgehead atoms. The number of aromatic hydroxyl groups is 1. The number of nitrogens with zero attached hydrogens (tertiary/aromatic N) is 8. The van der Waals surface area contributed by atoms with Crippen LogP contribution in [-0.4, -0.2) is 121 Å². The highest BCUT2D eigenvalue weighted by Gasteiger charge is 2.46. The Bertz CT molecular complexity index is 3080. The van der Waals surface area contributed by atoms with E-state index >= 15 is 8.78 Å². The van der Waals surface area contributed by atoms with Crippen LogP contribution in [0.1, 0.15) is 99.8 Å². The number of nitrogens with one attached hydrogen (secondary N) is 1. The van der Waals surface area contributed by atoms with Gasteiger partial charge in [-0.05, 0) is 132 Å². The van der Waals surface area contributed by atoms with Crippen LogP contribution in [0.2, 0.25) is 0 Å². The van der Waals surface area contributed by atoms with E-state index in [1.807, 2.05) is 16.6 Å². The van der Waals surface area contributed by atoms with Gasteiger partial charge in [-0.25, -0.2) is 8.78 Å². The number of terminal acetylenes is 1. The second-order valence-electron chi connectivity index (χ2n) is 20.6. The van der Waals surface area contributed by atoms with Gasteiger partial charge in [0.1, 0.15) is 28.6 Å². The first-order valence-electron chi connectivity index (χ1n) is 24.4. The maximum atomic E-state index is 17.1. The van der Waals surface area contributed by atoms with Crippen LogP contribution < -0.4 is 15.0 Å². The van der Waals surface area contributed by atoms with Crippen molar-refractivity contribution in [1.29, 1.82) is 0 Å². The Morgan fingerprint density at radius 1 is 0.957 bits per heavy atom. The first kappa shape index (κ1) is 45.2. The SMILES string of the molecule is C#Cc1c(F)ccc2cc(O)cc(-c3ncc4c(N5CCC[C@@](C)(O)C5)nc(OCC5(CN6CCC(N7CCC(c8ccc9c(C%10CCC(=O)NC%10=O)nn(C)c9c8)CC7)CC6)CC5)nc4c3F)c12. The number of β-amino-alcohol motifs (C(OH)–C–C–N with tert-alkyl or cyclic N) is 1. The van der Waals surface area contributed by atoms with Crippen LogP contribution in [0.15, 0.2) is 48.7 Å². The number of anilines is 1. The predicted molar refractivity (Wildman–Crippen MR) is 258 cm³/mol. The fourth-order valence-electron chi connectivity index (χ4n) is 11.7. The third kappa shape index (κ3) is 8.63. The molecule has 11 rings (SSSR count). The first-order chi connectivity index (χ1) is 33.2. The number of halogens is 2. The third-order valence-corrected chi connectivity index (χ3v) is 15.6. The van der Waals surface area contributed by atoms with Crippen LogP contribution in [0.3, 0.4) is 0 Å². The first-order valence-corrected chi connectivity index (χ1v) is 24.4. The fraction of sp³-hybridized carbons (Fsp3) is 0.472. The van der Waals surface area contributed by atoms with Gasteiger partial charge >= 0.3 is 6.01 Å². The van der Waals surface area contributed by atoms with Gasteiger partial charge in [-0.1, -0.05) is 24.1 Å². The summed E-state index contributed by atoms with van der Waals surface area (Å²) in [4.78, 5) is 45.6. The van der Waals surface area contributed by atoms with Gasteiger partial charge in [-0.2, -0.15) is 15.1 Å². The van der Waals surface area contributed by atoms with E-state index in [4.69, 9.17) is 21.2 Å². The number of amides is 2. The minimum absolute atomic E-state index is 0.0282. The molecule has 3 aromatic carbocycles. The van der Waals surface area contributed by atoms with Crippen molar-refractivity contribution in [2.75, 3.05) is 57.3 Å². The van der Waals surface area contributed by atoms with Crippen molar-refractivity contribution in [2.45, 2.75) is 94.6 Å². The monoisotopic (exact) mass is 937 g/mol. The number of phenolic OH excluding ortho intramolecular Hbond substituents is 1. The van der Waals surface area contributed by atoms with Crippen molar-refractivity contribution >= 4 is 50.2 Å². The smallest absolute Gasteiger partial charge is 0.319 e. The molecule has 2 atom stereocenters. The molecule has 5 aliphatic rings. The summed E-state index contributed by atoms with van der Waals surface area (Å²) in [5, 5.41) is 31.0. The molecule has 1 aliphatic carbocycles. The average molecular weight is 938 g/mol. The summed E-state index contributed by atoms with van der Waals surface area (Å²) in [6, 6.07) is 12.6. The predicted octanol–water partition coefficient (Wildman–Crippen LogP) is 7.07. The highest BCUT2D eigenvalue weighted by Crippen LogP contribution is 2.47. The number of benzene rings is 3. The lowest BCUT2D eigenvalue weighted by atomic mass is 9.86. The zero-order valence-electron chi connectivity index (χ0n) is 39.1. The summed E-state index contributed by atoms with van der Waals surface area (Å²) in [5.41, 5.74) is 1.90. The summed E-state index contributed by atoms with van der Waals surface area (Å²) < 4.78 is 40.4. The van der Waals surface area contributed by atoms with Gasteiger partial charge in [-0.15, -0.1) is 6.42 Å². The van der Waals surface area contributed by atoms with Crippen molar-refractivity contribution in [3.05, 3.63) is 77.1 Å². The lowest BCUT2D eigenvalue weighted by molar-refractivity contribution is -0.134. The largest absolute Gasteiger partial charge is 0.508 e. The highest BCUT2D eigenvalue weighted by molar-refractivity contribution is 6.04. The Hall–Kier alpha value is -6.28. The summed E-state index contributed by atoms with van der Waals surface area (Å²) >= 11 is 0. The van der Waals surface area contributed by atoms with E-state index in [-0.39, 0.29) is 63.3 Å². The second-order valence-corrected chi connectivity index (χ2v) is 20.6. The maximum Gasteiger partial charge on any atom is 0.319 e. The van der Waals surface area contributed by atoms with E-state index in [1.165, 1.54) is 36.0 Å². The highest BCUT2D eigenvalue weighted by atomic mass is 19.1. The van der Waals surface area contributed by atoms with Gasteiger partial charge in [0, 0.05) is 67.1 Å². The van der Waals surface area contributed by atoms with Crippen LogP contribution in [0.4, 0.5) is 14.6 Å². The lowest BCUT2D eigenvalue weighted by Gasteiger charge is -2.42. The number of imide groups is 1. The number of aliphatic hydroxyl groups is 1. The molecule has 7 heterocycles. The maximum absolute atomic E-state index is 17.1. The molecule has 5 fully saturated rings.